The molecule has 0 radical (unpaired) electrons. The van der Waals surface area contributed by atoms with E-state index in [-0.39, 0.29) is 0 Å². The SMILES string of the molecule is Cc1cc(C)c2ccc3c4ccccc4c(C)cc3c2c1. The molecule has 21 heavy (non-hydrogen) atoms. The van der Waals surface area contributed by atoms with Gasteiger partial charge in [0.1, 0.15) is 0 Å². The van der Waals surface area contributed by atoms with Crippen LogP contribution in [0.3, 0.4) is 0 Å². The van der Waals surface area contributed by atoms with Crippen LogP contribution in [0.2, 0.25) is 0 Å². The van der Waals surface area contributed by atoms with Crippen LogP contribution < -0.4 is 0 Å². The van der Waals surface area contributed by atoms with Crippen LogP contribution in [0.1, 0.15) is 16.7 Å². The molecule has 0 aliphatic carbocycles. The molecule has 0 N–H and O–H groups in total. The van der Waals surface area contributed by atoms with E-state index in [1.165, 1.54) is 49.0 Å². The second-order valence-corrected chi connectivity index (χ2v) is 6.08. The topological polar surface area (TPSA) is 0 Å². The van der Waals surface area contributed by atoms with Crippen molar-refractivity contribution in [1.29, 1.82) is 0 Å². The summed E-state index contributed by atoms with van der Waals surface area (Å²) in [5.41, 5.74) is 4.04. The highest BCUT2D eigenvalue weighted by Crippen LogP contribution is 2.34. The Balaban J connectivity index is 2.32. The summed E-state index contributed by atoms with van der Waals surface area (Å²) < 4.78 is 0. The molecular formula is C21H18. The van der Waals surface area contributed by atoms with E-state index in [0.717, 1.165) is 0 Å². The molecule has 4 rings (SSSR count). The van der Waals surface area contributed by atoms with Gasteiger partial charge in [0.2, 0.25) is 0 Å². The van der Waals surface area contributed by atoms with Crippen molar-refractivity contribution in [3.63, 3.8) is 0 Å². The van der Waals surface area contributed by atoms with Crippen molar-refractivity contribution in [2.75, 3.05) is 0 Å². The predicted molar refractivity (Wildman–Crippen MR) is 93.2 cm³/mol. The number of hydrogen-bond acceptors (Lipinski definition) is 0. The van der Waals surface area contributed by atoms with Crippen molar-refractivity contribution < 1.29 is 0 Å². The van der Waals surface area contributed by atoms with Crippen LogP contribution in [0.4, 0.5) is 0 Å². The van der Waals surface area contributed by atoms with Crippen LogP contribution in [0, 0.1) is 20.8 Å². The maximum Gasteiger partial charge on any atom is -0.00961 e. The lowest BCUT2D eigenvalue weighted by Crippen LogP contribution is -1.87. The van der Waals surface area contributed by atoms with Crippen molar-refractivity contribution in [3.8, 4) is 0 Å². The molecule has 0 aromatic heterocycles. The number of fused-ring (bicyclic) bond motifs is 5. The van der Waals surface area contributed by atoms with Gasteiger partial charge < -0.3 is 0 Å². The molecule has 0 heteroatoms. The van der Waals surface area contributed by atoms with Gasteiger partial charge in [-0.05, 0) is 64.2 Å². The summed E-state index contributed by atoms with van der Waals surface area (Å²) >= 11 is 0. The highest BCUT2D eigenvalue weighted by atomic mass is 14.1. The van der Waals surface area contributed by atoms with Crippen LogP contribution >= 0.6 is 0 Å². The number of benzene rings is 4. The van der Waals surface area contributed by atoms with E-state index in [0.29, 0.717) is 0 Å². The fourth-order valence-electron chi connectivity index (χ4n) is 3.57. The minimum atomic E-state index is 1.33. The zero-order valence-electron chi connectivity index (χ0n) is 12.7. The minimum absolute atomic E-state index is 1.33. The summed E-state index contributed by atoms with van der Waals surface area (Å²) in [6.45, 7) is 6.59. The Kier molecular flexibility index (Phi) is 2.56. The molecule has 0 unspecified atom stereocenters. The quantitative estimate of drug-likeness (QED) is 0.340. The third kappa shape index (κ3) is 1.76. The van der Waals surface area contributed by atoms with Crippen molar-refractivity contribution in [1.82, 2.24) is 0 Å². The second-order valence-electron chi connectivity index (χ2n) is 6.08. The Hall–Kier alpha value is -2.34. The predicted octanol–water partition coefficient (Wildman–Crippen LogP) is 6.07. The number of aryl methyl sites for hydroxylation is 3. The molecule has 4 aromatic rings. The third-order valence-electron chi connectivity index (χ3n) is 4.53. The fraction of sp³-hybridized carbons (Fsp3) is 0.143. The van der Waals surface area contributed by atoms with Gasteiger partial charge in [0, 0.05) is 0 Å². The largest absolute Gasteiger partial charge is 0.0616 e. The molecule has 102 valence electrons. The van der Waals surface area contributed by atoms with Crippen LogP contribution in [-0.4, -0.2) is 0 Å². The number of rotatable bonds is 0. The van der Waals surface area contributed by atoms with Gasteiger partial charge in [-0.2, -0.15) is 0 Å². The Bertz CT molecular complexity index is 1010. The van der Waals surface area contributed by atoms with Gasteiger partial charge in [0.25, 0.3) is 0 Å². The third-order valence-corrected chi connectivity index (χ3v) is 4.53. The first-order valence-electron chi connectivity index (χ1n) is 7.47. The average Bonchev–Trinajstić information content (AvgIpc) is 2.47. The molecule has 0 amide bonds. The van der Waals surface area contributed by atoms with E-state index in [1.54, 1.807) is 0 Å². The molecule has 0 atom stereocenters. The zero-order valence-corrected chi connectivity index (χ0v) is 12.7. The minimum Gasteiger partial charge on any atom is -0.0616 e. The lowest BCUT2D eigenvalue weighted by atomic mass is 9.92. The van der Waals surface area contributed by atoms with Gasteiger partial charge in [0.15, 0.2) is 0 Å². The Morgan fingerprint density at radius 3 is 1.81 bits per heavy atom. The molecular weight excluding hydrogens is 252 g/mol. The lowest BCUT2D eigenvalue weighted by molar-refractivity contribution is 1.43. The fourth-order valence-corrected chi connectivity index (χ4v) is 3.57. The van der Waals surface area contributed by atoms with Crippen LogP contribution in [0.5, 0.6) is 0 Å². The molecule has 0 saturated carbocycles. The maximum atomic E-state index is 2.35. The lowest BCUT2D eigenvalue weighted by Gasteiger charge is -2.12. The Labute approximate surface area is 125 Å². The molecule has 0 heterocycles. The summed E-state index contributed by atoms with van der Waals surface area (Å²) in [4.78, 5) is 0. The summed E-state index contributed by atoms with van der Waals surface area (Å²) in [7, 11) is 0. The molecule has 0 aliphatic heterocycles. The highest BCUT2D eigenvalue weighted by molar-refractivity contribution is 6.18. The summed E-state index contributed by atoms with van der Waals surface area (Å²) in [5.74, 6) is 0. The van der Waals surface area contributed by atoms with Crippen molar-refractivity contribution in [3.05, 3.63) is 71.3 Å². The van der Waals surface area contributed by atoms with E-state index in [1.807, 2.05) is 0 Å². The molecule has 4 aromatic carbocycles. The summed E-state index contributed by atoms with van der Waals surface area (Å²) in [6.07, 6.45) is 0. The van der Waals surface area contributed by atoms with E-state index in [4.69, 9.17) is 0 Å². The molecule has 0 spiro atoms. The van der Waals surface area contributed by atoms with Gasteiger partial charge in [-0.15, -0.1) is 0 Å². The average molecular weight is 270 g/mol. The van der Waals surface area contributed by atoms with Gasteiger partial charge in [-0.3, -0.25) is 0 Å². The highest BCUT2D eigenvalue weighted by Gasteiger charge is 2.08. The molecule has 0 bridgehead atoms. The second kappa shape index (κ2) is 4.33. The van der Waals surface area contributed by atoms with E-state index in [2.05, 4.69) is 75.4 Å². The molecule has 0 nitrogen and oxygen atoms in total. The van der Waals surface area contributed by atoms with Crippen molar-refractivity contribution >= 4 is 32.3 Å². The van der Waals surface area contributed by atoms with Crippen LogP contribution in [-0.2, 0) is 0 Å². The monoisotopic (exact) mass is 270 g/mol. The van der Waals surface area contributed by atoms with Crippen molar-refractivity contribution in [2.24, 2.45) is 0 Å². The number of hydrogen-bond donors (Lipinski definition) is 0. The standard InChI is InChI=1S/C21H18/c1-13-10-14(2)17-8-9-19-18-7-5-4-6-16(18)15(3)12-21(19)20(17)11-13/h4-12H,1-3H3. The summed E-state index contributed by atoms with van der Waals surface area (Å²) in [6, 6.07) is 20.2. The van der Waals surface area contributed by atoms with Crippen LogP contribution in [0.25, 0.3) is 32.3 Å². The molecule has 0 saturated heterocycles. The van der Waals surface area contributed by atoms with E-state index in [9.17, 15) is 0 Å². The van der Waals surface area contributed by atoms with E-state index >= 15 is 0 Å². The molecule has 0 fully saturated rings. The normalized spacial score (nSPS) is 11.6. The Morgan fingerprint density at radius 1 is 0.476 bits per heavy atom. The van der Waals surface area contributed by atoms with Gasteiger partial charge in [-0.1, -0.05) is 60.2 Å². The van der Waals surface area contributed by atoms with Gasteiger partial charge in [-0.25, -0.2) is 0 Å². The first kappa shape index (κ1) is 12.4. The van der Waals surface area contributed by atoms with E-state index < -0.39 is 0 Å². The summed E-state index contributed by atoms with van der Waals surface area (Å²) in [5, 5.41) is 8.17. The van der Waals surface area contributed by atoms with Crippen molar-refractivity contribution in [2.45, 2.75) is 20.8 Å². The maximum absolute atomic E-state index is 2.35. The van der Waals surface area contributed by atoms with Gasteiger partial charge >= 0.3 is 0 Å². The Morgan fingerprint density at radius 2 is 1.00 bits per heavy atom. The first-order chi connectivity index (χ1) is 10.1. The first-order valence-corrected chi connectivity index (χ1v) is 7.47. The molecule has 0 aliphatic rings. The zero-order chi connectivity index (χ0) is 14.6. The van der Waals surface area contributed by atoms with Crippen LogP contribution in [0.15, 0.2) is 54.6 Å². The smallest absolute Gasteiger partial charge is 0.00961 e. The van der Waals surface area contributed by atoms with Gasteiger partial charge in [0.05, 0.1) is 0 Å².